The first-order chi connectivity index (χ1) is 30.0. The van der Waals surface area contributed by atoms with E-state index in [1.807, 2.05) is 0 Å². The lowest BCUT2D eigenvalue weighted by atomic mass is 10.0. The standard InChI is InChI=1S/C55H106O6/c1-4-7-10-13-16-18-20-22-23-24-25-26-27-28-29-30-31-33-34-36-39-42-45-48-54(57)60-51-52(50-59-53(56)47-44-41-38-15-12-9-6-3)61-55(58)49-46-43-40-37-35-32-21-19-17-14-11-8-5-2/h52H,4-51H2,1-3H3. The average molecular weight is 863 g/mol. The molecule has 0 aromatic heterocycles. The van der Waals surface area contributed by atoms with Gasteiger partial charge in [0.15, 0.2) is 6.10 Å². The van der Waals surface area contributed by atoms with E-state index in [-0.39, 0.29) is 31.1 Å². The van der Waals surface area contributed by atoms with Gasteiger partial charge in [-0.05, 0) is 19.3 Å². The van der Waals surface area contributed by atoms with Crippen molar-refractivity contribution >= 4 is 17.9 Å². The van der Waals surface area contributed by atoms with E-state index in [2.05, 4.69) is 20.8 Å². The molecule has 0 aromatic carbocycles. The van der Waals surface area contributed by atoms with Crippen LogP contribution in [0, 0.1) is 0 Å². The van der Waals surface area contributed by atoms with Crippen LogP contribution in [0.15, 0.2) is 0 Å². The van der Waals surface area contributed by atoms with Crippen LogP contribution in [0.1, 0.15) is 316 Å². The monoisotopic (exact) mass is 863 g/mol. The van der Waals surface area contributed by atoms with E-state index in [9.17, 15) is 14.4 Å². The van der Waals surface area contributed by atoms with Crippen LogP contribution in [-0.4, -0.2) is 37.2 Å². The molecule has 0 fully saturated rings. The van der Waals surface area contributed by atoms with Crippen LogP contribution >= 0.6 is 0 Å². The minimum atomic E-state index is -0.759. The molecule has 0 aromatic rings. The van der Waals surface area contributed by atoms with Crippen molar-refractivity contribution in [3.63, 3.8) is 0 Å². The Balaban J connectivity index is 4.07. The second-order valence-electron chi connectivity index (χ2n) is 18.9. The molecule has 61 heavy (non-hydrogen) atoms. The second-order valence-corrected chi connectivity index (χ2v) is 18.9. The van der Waals surface area contributed by atoms with Gasteiger partial charge in [-0.2, -0.15) is 0 Å². The summed E-state index contributed by atoms with van der Waals surface area (Å²) in [7, 11) is 0. The van der Waals surface area contributed by atoms with E-state index in [4.69, 9.17) is 14.2 Å². The Labute approximate surface area is 380 Å². The van der Waals surface area contributed by atoms with Crippen LogP contribution < -0.4 is 0 Å². The Morgan fingerprint density at radius 1 is 0.262 bits per heavy atom. The molecular weight excluding hydrogens is 757 g/mol. The Hall–Kier alpha value is -1.59. The number of ether oxygens (including phenoxy) is 3. The zero-order valence-corrected chi connectivity index (χ0v) is 41.5. The minimum Gasteiger partial charge on any atom is -0.462 e. The van der Waals surface area contributed by atoms with Crippen molar-refractivity contribution in [1.29, 1.82) is 0 Å². The number of unbranched alkanes of at least 4 members (excludes halogenated alkanes) is 40. The molecule has 0 rings (SSSR count). The van der Waals surface area contributed by atoms with Gasteiger partial charge in [-0.25, -0.2) is 0 Å². The van der Waals surface area contributed by atoms with Crippen molar-refractivity contribution in [3.8, 4) is 0 Å². The predicted molar refractivity (Wildman–Crippen MR) is 261 cm³/mol. The summed E-state index contributed by atoms with van der Waals surface area (Å²) in [5.74, 6) is -0.847. The number of hydrogen-bond acceptors (Lipinski definition) is 6. The summed E-state index contributed by atoms with van der Waals surface area (Å²) in [5, 5.41) is 0. The fourth-order valence-corrected chi connectivity index (χ4v) is 8.45. The normalized spacial score (nSPS) is 11.9. The van der Waals surface area contributed by atoms with E-state index in [0.29, 0.717) is 19.3 Å². The van der Waals surface area contributed by atoms with E-state index < -0.39 is 6.10 Å². The molecule has 0 saturated carbocycles. The maximum Gasteiger partial charge on any atom is 0.306 e. The van der Waals surface area contributed by atoms with E-state index in [1.165, 1.54) is 218 Å². The molecule has 0 aliphatic heterocycles. The zero-order chi connectivity index (χ0) is 44.4. The molecular formula is C55H106O6. The second kappa shape index (κ2) is 51.0. The predicted octanol–water partition coefficient (Wildman–Crippen LogP) is 18.0. The smallest absolute Gasteiger partial charge is 0.306 e. The summed E-state index contributed by atoms with van der Waals surface area (Å²) in [4.78, 5) is 37.8. The van der Waals surface area contributed by atoms with Crippen molar-refractivity contribution in [2.75, 3.05) is 13.2 Å². The summed E-state index contributed by atoms with van der Waals surface area (Å²) in [6, 6.07) is 0. The van der Waals surface area contributed by atoms with Crippen LogP contribution in [0.2, 0.25) is 0 Å². The van der Waals surface area contributed by atoms with E-state index in [0.717, 1.165) is 57.8 Å². The van der Waals surface area contributed by atoms with Gasteiger partial charge in [-0.1, -0.05) is 278 Å². The van der Waals surface area contributed by atoms with Gasteiger partial charge < -0.3 is 14.2 Å². The van der Waals surface area contributed by atoms with Gasteiger partial charge in [-0.15, -0.1) is 0 Å². The molecule has 1 unspecified atom stereocenters. The van der Waals surface area contributed by atoms with Gasteiger partial charge >= 0.3 is 17.9 Å². The lowest BCUT2D eigenvalue weighted by molar-refractivity contribution is -0.167. The largest absolute Gasteiger partial charge is 0.462 e. The summed E-state index contributed by atoms with van der Waals surface area (Å²) in [5.41, 5.74) is 0. The fraction of sp³-hybridized carbons (Fsp3) is 0.945. The first-order valence-corrected chi connectivity index (χ1v) is 27.5. The molecule has 362 valence electrons. The SMILES string of the molecule is CCCCCCCCCCCCCCCCCCCCCCCCCC(=O)OCC(COC(=O)CCCCCCCCC)OC(=O)CCCCCCCCCCCCCCC. The topological polar surface area (TPSA) is 78.9 Å². The van der Waals surface area contributed by atoms with Gasteiger partial charge in [-0.3, -0.25) is 14.4 Å². The molecule has 0 bridgehead atoms. The van der Waals surface area contributed by atoms with Crippen molar-refractivity contribution in [2.45, 2.75) is 322 Å². The maximum absolute atomic E-state index is 12.7. The zero-order valence-electron chi connectivity index (χ0n) is 41.5. The first-order valence-electron chi connectivity index (χ1n) is 27.5. The molecule has 1 atom stereocenters. The number of carbonyl (C=O) groups excluding carboxylic acids is 3. The molecule has 0 heterocycles. The third-order valence-corrected chi connectivity index (χ3v) is 12.6. The van der Waals surface area contributed by atoms with Crippen molar-refractivity contribution in [3.05, 3.63) is 0 Å². The molecule has 0 aliphatic carbocycles. The first kappa shape index (κ1) is 59.4. The molecule has 6 nitrogen and oxygen atoms in total. The Kier molecular flexibility index (Phi) is 49.7. The van der Waals surface area contributed by atoms with Crippen molar-refractivity contribution in [1.82, 2.24) is 0 Å². The Bertz CT molecular complexity index is 905. The van der Waals surface area contributed by atoms with Crippen LogP contribution in [0.3, 0.4) is 0 Å². The number of hydrogen-bond donors (Lipinski definition) is 0. The quantitative estimate of drug-likeness (QED) is 0.0344. The highest BCUT2D eigenvalue weighted by Gasteiger charge is 2.19. The molecule has 0 radical (unpaired) electrons. The van der Waals surface area contributed by atoms with E-state index in [1.54, 1.807) is 0 Å². The molecule has 6 heteroatoms. The van der Waals surface area contributed by atoms with E-state index >= 15 is 0 Å². The number of carbonyl (C=O) groups is 3. The summed E-state index contributed by atoms with van der Waals surface area (Å²) in [6.45, 7) is 6.65. The fourth-order valence-electron chi connectivity index (χ4n) is 8.45. The summed E-state index contributed by atoms with van der Waals surface area (Å²) < 4.78 is 16.8. The summed E-state index contributed by atoms with van der Waals surface area (Å²) in [6.07, 6.45) is 55.5. The van der Waals surface area contributed by atoms with Crippen LogP contribution in [0.4, 0.5) is 0 Å². The number of rotatable bonds is 51. The van der Waals surface area contributed by atoms with Gasteiger partial charge in [0, 0.05) is 19.3 Å². The minimum absolute atomic E-state index is 0.0623. The average Bonchev–Trinajstić information content (AvgIpc) is 3.26. The highest BCUT2D eigenvalue weighted by molar-refractivity contribution is 5.71. The highest BCUT2D eigenvalue weighted by atomic mass is 16.6. The van der Waals surface area contributed by atoms with Gasteiger partial charge in [0.05, 0.1) is 0 Å². The van der Waals surface area contributed by atoms with Crippen molar-refractivity contribution in [2.24, 2.45) is 0 Å². The molecule has 0 N–H and O–H groups in total. The molecule has 0 spiro atoms. The molecule has 0 saturated heterocycles. The van der Waals surface area contributed by atoms with Crippen LogP contribution in [-0.2, 0) is 28.6 Å². The van der Waals surface area contributed by atoms with Gasteiger partial charge in [0.25, 0.3) is 0 Å². The third-order valence-electron chi connectivity index (χ3n) is 12.6. The Morgan fingerprint density at radius 3 is 0.656 bits per heavy atom. The third kappa shape index (κ3) is 49.3. The molecule has 0 amide bonds. The Morgan fingerprint density at radius 2 is 0.443 bits per heavy atom. The molecule has 0 aliphatic rings. The maximum atomic E-state index is 12.7. The summed E-state index contributed by atoms with van der Waals surface area (Å²) >= 11 is 0. The lowest BCUT2D eigenvalue weighted by Crippen LogP contribution is -2.30. The van der Waals surface area contributed by atoms with Crippen LogP contribution in [0.5, 0.6) is 0 Å². The van der Waals surface area contributed by atoms with Gasteiger partial charge in [0.2, 0.25) is 0 Å². The van der Waals surface area contributed by atoms with Gasteiger partial charge in [0.1, 0.15) is 13.2 Å². The highest BCUT2D eigenvalue weighted by Crippen LogP contribution is 2.17. The van der Waals surface area contributed by atoms with Crippen LogP contribution in [0.25, 0.3) is 0 Å². The lowest BCUT2D eigenvalue weighted by Gasteiger charge is -2.18. The van der Waals surface area contributed by atoms with Crippen molar-refractivity contribution < 1.29 is 28.6 Å². The number of esters is 3.